The Kier molecular flexibility index (Phi) is 5.39. The number of carbonyl (C=O) groups is 3. The number of hydrogen-bond donors (Lipinski definition) is 2. The lowest BCUT2D eigenvalue weighted by atomic mass is 9.38. The number of aliphatic hydroxyl groups excluding tert-OH is 2. The molecule has 0 aromatic carbocycles. The minimum atomic E-state index is -1.56. The summed E-state index contributed by atoms with van der Waals surface area (Å²) in [6, 6.07) is 1.80. The monoisotopic (exact) mass is 486 g/mol. The summed E-state index contributed by atoms with van der Waals surface area (Å²) < 4.78 is 15.9. The van der Waals surface area contributed by atoms with Crippen molar-refractivity contribution >= 4 is 17.7 Å². The molecule has 9 atom stereocenters. The van der Waals surface area contributed by atoms with Gasteiger partial charge in [-0.05, 0) is 48.2 Å². The number of rotatable bonds is 3. The summed E-state index contributed by atoms with van der Waals surface area (Å²) in [6.45, 7) is 7.54. The zero-order valence-corrected chi connectivity index (χ0v) is 20.8. The number of furan rings is 1. The predicted molar refractivity (Wildman–Crippen MR) is 122 cm³/mol. The molecule has 3 fully saturated rings. The van der Waals surface area contributed by atoms with Gasteiger partial charge in [0.25, 0.3) is 0 Å². The van der Waals surface area contributed by atoms with Crippen LogP contribution in [0.5, 0.6) is 0 Å². The van der Waals surface area contributed by atoms with Gasteiger partial charge in [-0.15, -0.1) is 0 Å². The van der Waals surface area contributed by atoms with E-state index in [0.29, 0.717) is 19.3 Å². The standard InChI is InChI=1S/C27H34O8/c1-25(2)20(19(29)24(32)33-5)27(4)16-6-8-26(3)17(14(16)10-15(21(25)30)22(27)31)11-18(28)35-23(26)13-7-9-34-12-13/h7,9,11-12,14-16,19-21,23,29-30H,6,8,10H2,1-5H3/t14-,15+,16+,19+,20+,21-,23+,26-,27-/m1/s1. The fraction of sp³-hybridized carbons (Fsp3) is 0.667. The molecule has 2 heterocycles. The summed E-state index contributed by atoms with van der Waals surface area (Å²) in [6.07, 6.45) is 3.29. The average Bonchev–Trinajstić information content (AvgIpc) is 3.34. The molecule has 35 heavy (non-hydrogen) atoms. The molecular weight excluding hydrogens is 452 g/mol. The third-order valence-electron chi connectivity index (χ3n) is 9.95. The number of fused-ring (bicyclic) bond motifs is 6. The predicted octanol–water partition coefficient (Wildman–Crippen LogP) is 2.98. The van der Waals surface area contributed by atoms with Crippen LogP contribution in [0.1, 0.15) is 58.6 Å². The third-order valence-corrected chi connectivity index (χ3v) is 9.95. The molecule has 5 rings (SSSR count). The molecule has 8 heteroatoms. The average molecular weight is 487 g/mol. The SMILES string of the molecule is COC(=O)[C@@H](O)[C@H]1C(C)(C)[C@H](O)[C@@H]2C[C@H]3C4=CC(=O)O[C@@H](c5ccoc5)[C@]4(C)CC[C@@H]3[C@@]1(C)C2=O. The number of aliphatic hydroxyl groups is 2. The lowest BCUT2D eigenvalue weighted by molar-refractivity contribution is -0.217. The number of esters is 2. The van der Waals surface area contributed by atoms with Gasteiger partial charge >= 0.3 is 11.9 Å². The first kappa shape index (κ1) is 24.3. The van der Waals surface area contributed by atoms with Gasteiger partial charge in [-0.1, -0.05) is 27.7 Å². The Morgan fingerprint density at radius 2 is 1.91 bits per heavy atom. The van der Waals surface area contributed by atoms with E-state index in [1.54, 1.807) is 24.7 Å². The molecule has 8 nitrogen and oxygen atoms in total. The summed E-state index contributed by atoms with van der Waals surface area (Å²) in [4.78, 5) is 39.2. The highest BCUT2D eigenvalue weighted by Gasteiger charge is 2.70. The molecule has 2 N–H and O–H groups in total. The van der Waals surface area contributed by atoms with E-state index < -0.39 is 58.3 Å². The second kappa shape index (κ2) is 7.77. The molecule has 0 amide bonds. The number of cyclic esters (lactones) is 1. The van der Waals surface area contributed by atoms with Gasteiger partial charge < -0.3 is 24.1 Å². The first-order valence-corrected chi connectivity index (χ1v) is 12.3. The normalized spacial score (nSPS) is 42.8. The van der Waals surface area contributed by atoms with Gasteiger partial charge in [0.05, 0.1) is 25.7 Å². The number of ether oxygens (including phenoxy) is 2. The van der Waals surface area contributed by atoms with E-state index in [2.05, 4.69) is 6.92 Å². The molecule has 2 bridgehead atoms. The van der Waals surface area contributed by atoms with Crippen molar-refractivity contribution in [1.29, 1.82) is 0 Å². The zero-order chi connectivity index (χ0) is 25.5. The molecule has 1 aromatic heterocycles. The Hall–Kier alpha value is -2.45. The van der Waals surface area contributed by atoms with Crippen LogP contribution in [-0.2, 0) is 23.9 Å². The van der Waals surface area contributed by atoms with Crippen molar-refractivity contribution in [2.75, 3.05) is 7.11 Å². The zero-order valence-electron chi connectivity index (χ0n) is 20.8. The highest BCUT2D eigenvalue weighted by atomic mass is 16.5. The van der Waals surface area contributed by atoms with Crippen molar-refractivity contribution in [3.05, 3.63) is 35.8 Å². The van der Waals surface area contributed by atoms with Crippen LogP contribution in [0.3, 0.4) is 0 Å². The fourth-order valence-corrected chi connectivity index (χ4v) is 8.36. The summed E-state index contributed by atoms with van der Waals surface area (Å²) in [5.41, 5.74) is -0.799. The topological polar surface area (TPSA) is 123 Å². The van der Waals surface area contributed by atoms with Crippen LogP contribution in [0, 0.1) is 39.9 Å². The first-order valence-electron chi connectivity index (χ1n) is 12.3. The lowest BCUT2D eigenvalue weighted by Gasteiger charge is -2.65. The van der Waals surface area contributed by atoms with Gasteiger partial charge in [0.2, 0.25) is 0 Å². The third kappa shape index (κ3) is 3.08. The molecule has 3 saturated carbocycles. The van der Waals surface area contributed by atoms with Gasteiger partial charge in [0.15, 0.2) is 6.10 Å². The van der Waals surface area contributed by atoms with Gasteiger partial charge in [0, 0.05) is 34.3 Å². The highest BCUT2D eigenvalue weighted by molar-refractivity contribution is 5.92. The minimum absolute atomic E-state index is 0.118. The molecule has 0 saturated heterocycles. The second-order valence-corrected chi connectivity index (χ2v) is 11.8. The largest absolute Gasteiger partial charge is 0.472 e. The van der Waals surface area contributed by atoms with Crippen LogP contribution in [-0.4, -0.2) is 47.3 Å². The number of hydrogen-bond acceptors (Lipinski definition) is 8. The molecule has 1 aliphatic heterocycles. The van der Waals surface area contributed by atoms with E-state index in [9.17, 15) is 24.6 Å². The van der Waals surface area contributed by atoms with E-state index >= 15 is 0 Å². The number of Topliss-reactive ketones (excluding diaryl/α,β-unsaturated/α-hetero) is 1. The Labute approximate surface area is 204 Å². The van der Waals surface area contributed by atoms with Crippen molar-refractivity contribution in [2.24, 2.45) is 39.9 Å². The van der Waals surface area contributed by atoms with Gasteiger partial charge in [-0.2, -0.15) is 0 Å². The van der Waals surface area contributed by atoms with Crippen molar-refractivity contribution in [2.45, 2.75) is 65.3 Å². The van der Waals surface area contributed by atoms with Crippen LogP contribution >= 0.6 is 0 Å². The van der Waals surface area contributed by atoms with E-state index in [4.69, 9.17) is 13.9 Å². The Morgan fingerprint density at radius 3 is 2.54 bits per heavy atom. The van der Waals surface area contributed by atoms with E-state index in [1.165, 1.54) is 7.11 Å². The molecule has 4 aliphatic rings. The molecule has 1 aromatic rings. The fourth-order valence-electron chi connectivity index (χ4n) is 8.36. The van der Waals surface area contributed by atoms with Crippen molar-refractivity contribution in [3.8, 4) is 0 Å². The lowest BCUT2D eigenvalue weighted by Crippen LogP contribution is -2.70. The second-order valence-electron chi connectivity index (χ2n) is 11.8. The van der Waals surface area contributed by atoms with Gasteiger partial charge in [-0.25, -0.2) is 9.59 Å². The van der Waals surface area contributed by atoms with Crippen molar-refractivity contribution in [1.82, 2.24) is 0 Å². The van der Waals surface area contributed by atoms with Gasteiger partial charge in [0.1, 0.15) is 11.9 Å². The summed E-state index contributed by atoms with van der Waals surface area (Å²) in [5, 5.41) is 22.5. The molecule has 3 aliphatic carbocycles. The van der Waals surface area contributed by atoms with Crippen LogP contribution in [0.4, 0.5) is 0 Å². The van der Waals surface area contributed by atoms with E-state index in [0.717, 1.165) is 11.1 Å². The van der Waals surface area contributed by atoms with E-state index in [-0.39, 0.29) is 17.6 Å². The maximum Gasteiger partial charge on any atom is 0.335 e. The highest BCUT2D eigenvalue weighted by Crippen LogP contribution is 2.68. The minimum Gasteiger partial charge on any atom is -0.472 e. The molecule has 0 unspecified atom stereocenters. The van der Waals surface area contributed by atoms with Crippen LogP contribution in [0.15, 0.2) is 34.7 Å². The quantitative estimate of drug-likeness (QED) is 0.625. The smallest absolute Gasteiger partial charge is 0.335 e. The van der Waals surface area contributed by atoms with Crippen LogP contribution in [0.2, 0.25) is 0 Å². The van der Waals surface area contributed by atoms with E-state index in [1.807, 2.05) is 20.8 Å². The maximum absolute atomic E-state index is 13.9. The van der Waals surface area contributed by atoms with Crippen LogP contribution < -0.4 is 0 Å². The summed E-state index contributed by atoms with van der Waals surface area (Å²) >= 11 is 0. The number of ketones is 1. The summed E-state index contributed by atoms with van der Waals surface area (Å²) in [7, 11) is 1.20. The molecule has 190 valence electrons. The van der Waals surface area contributed by atoms with Crippen molar-refractivity contribution in [3.63, 3.8) is 0 Å². The van der Waals surface area contributed by atoms with Gasteiger partial charge in [-0.3, -0.25) is 4.79 Å². The maximum atomic E-state index is 13.9. The molecule has 0 radical (unpaired) electrons. The molecule has 0 spiro atoms. The van der Waals surface area contributed by atoms with Crippen LogP contribution in [0.25, 0.3) is 0 Å². The molecular formula is C27H34O8. The number of carbonyl (C=O) groups excluding carboxylic acids is 3. The first-order chi connectivity index (χ1) is 16.4. The Bertz CT molecular complexity index is 1090. The Balaban J connectivity index is 1.64. The Morgan fingerprint density at radius 1 is 1.20 bits per heavy atom. The number of methoxy groups -OCH3 is 1. The summed E-state index contributed by atoms with van der Waals surface area (Å²) in [5.74, 6) is -3.27. The van der Waals surface area contributed by atoms with Crippen molar-refractivity contribution < 1.29 is 38.5 Å².